The van der Waals surface area contributed by atoms with Gasteiger partial charge in [-0.2, -0.15) is 0 Å². The third-order valence-electron chi connectivity index (χ3n) is 2.92. The van der Waals surface area contributed by atoms with Crippen molar-refractivity contribution in [3.63, 3.8) is 0 Å². The number of hydrogen-bond acceptors (Lipinski definition) is 4. The maximum atomic E-state index is 11.8. The maximum absolute atomic E-state index is 11.8. The smallest absolute Gasteiger partial charge is 0.332 e. The van der Waals surface area contributed by atoms with Gasteiger partial charge in [0.15, 0.2) is 6.10 Å². The second kappa shape index (κ2) is 5.22. The van der Waals surface area contributed by atoms with Crippen molar-refractivity contribution in [3.05, 3.63) is 24.2 Å². The molecule has 0 bridgehead atoms. The molecule has 1 amide bonds. The molecule has 0 spiro atoms. The Bertz CT molecular complexity index is 428. The first-order valence-electron chi connectivity index (χ1n) is 5.80. The van der Waals surface area contributed by atoms with Gasteiger partial charge >= 0.3 is 5.97 Å². The van der Waals surface area contributed by atoms with Crippen molar-refractivity contribution < 1.29 is 23.8 Å². The molecule has 0 radical (unpaired) electrons. The van der Waals surface area contributed by atoms with Crippen LogP contribution in [0.25, 0.3) is 0 Å². The summed E-state index contributed by atoms with van der Waals surface area (Å²) in [6.45, 7) is 1.79. The van der Waals surface area contributed by atoms with Crippen LogP contribution >= 0.6 is 0 Å². The van der Waals surface area contributed by atoms with Gasteiger partial charge < -0.3 is 19.6 Å². The molecule has 6 nitrogen and oxygen atoms in total. The molecule has 1 fully saturated rings. The summed E-state index contributed by atoms with van der Waals surface area (Å²) in [6.07, 6.45) is 0.754. The molecule has 0 aromatic carbocycles. The number of carboxylic acid groups (broad SMARTS) is 1. The molecule has 0 unspecified atom stereocenters. The fraction of sp³-hybridized carbons (Fsp3) is 0.500. The van der Waals surface area contributed by atoms with Crippen LogP contribution < -0.4 is 5.32 Å². The Morgan fingerprint density at radius 1 is 1.44 bits per heavy atom. The standard InChI is InChI=1S/C12H15NO5/c1-7(8-3-2-6-17-8)13-11(14)9-4-5-10(18-9)12(15)16/h2-3,6-7,9-10H,4-5H2,1H3,(H,13,14)(H,15,16)/t7-,9-,10+/m0/s1. The zero-order chi connectivity index (χ0) is 13.1. The van der Waals surface area contributed by atoms with Crippen LogP contribution in [0.1, 0.15) is 31.6 Å². The summed E-state index contributed by atoms with van der Waals surface area (Å²) in [5.74, 6) is -0.678. The van der Waals surface area contributed by atoms with Crippen molar-refractivity contribution in [2.75, 3.05) is 0 Å². The van der Waals surface area contributed by atoms with Gasteiger partial charge in [-0.15, -0.1) is 0 Å². The van der Waals surface area contributed by atoms with Crippen LogP contribution in [-0.4, -0.2) is 29.2 Å². The number of ether oxygens (including phenoxy) is 1. The van der Waals surface area contributed by atoms with E-state index < -0.39 is 18.2 Å². The normalized spacial score (nSPS) is 24.7. The number of nitrogens with one attached hydrogen (secondary N) is 1. The Morgan fingerprint density at radius 2 is 2.17 bits per heavy atom. The first-order valence-corrected chi connectivity index (χ1v) is 5.80. The predicted molar refractivity (Wildman–Crippen MR) is 60.8 cm³/mol. The van der Waals surface area contributed by atoms with E-state index in [0.717, 1.165) is 0 Å². The van der Waals surface area contributed by atoms with Crippen molar-refractivity contribution in [1.29, 1.82) is 0 Å². The van der Waals surface area contributed by atoms with E-state index in [-0.39, 0.29) is 11.9 Å². The molecule has 1 aromatic heterocycles. The summed E-state index contributed by atoms with van der Waals surface area (Å²) in [6, 6.07) is 3.24. The number of carbonyl (C=O) groups is 2. The molecule has 2 heterocycles. The number of rotatable bonds is 4. The van der Waals surface area contributed by atoms with Crippen LogP contribution in [0.5, 0.6) is 0 Å². The highest BCUT2D eigenvalue weighted by atomic mass is 16.5. The lowest BCUT2D eigenvalue weighted by atomic mass is 10.1. The Balaban J connectivity index is 1.87. The molecule has 0 saturated carbocycles. The van der Waals surface area contributed by atoms with Crippen LogP contribution in [0.2, 0.25) is 0 Å². The van der Waals surface area contributed by atoms with Gasteiger partial charge in [-0.05, 0) is 31.9 Å². The van der Waals surface area contributed by atoms with Gasteiger partial charge in [0.1, 0.15) is 11.9 Å². The van der Waals surface area contributed by atoms with Gasteiger partial charge in [-0.25, -0.2) is 4.79 Å². The number of furan rings is 1. The van der Waals surface area contributed by atoms with E-state index in [2.05, 4.69) is 5.32 Å². The van der Waals surface area contributed by atoms with E-state index in [4.69, 9.17) is 14.3 Å². The second-order valence-corrected chi connectivity index (χ2v) is 4.27. The summed E-state index contributed by atoms with van der Waals surface area (Å²) < 4.78 is 10.3. The molecule has 0 aliphatic carbocycles. The first kappa shape index (κ1) is 12.6. The molecule has 2 rings (SSSR count). The summed E-state index contributed by atoms with van der Waals surface area (Å²) in [7, 11) is 0. The minimum absolute atomic E-state index is 0.264. The summed E-state index contributed by atoms with van der Waals surface area (Å²) in [5.41, 5.74) is 0. The zero-order valence-electron chi connectivity index (χ0n) is 9.96. The summed E-state index contributed by atoms with van der Waals surface area (Å²) in [5, 5.41) is 11.5. The van der Waals surface area contributed by atoms with Gasteiger partial charge in [0.25, 0.3) is 0 Å². The highest BCUT2D eigenvalue weighted by Crippen LogP contribution is 2.21. The fourth-order valence-electron chi connectivity index (χ4n) is 1.93. The Kier molecular flexibility index (Phi) is 3.66. The third kappa shape index (κ3) is 2.70. The van der Waals surface area contributed by atoms with Crippen LogP contribution in [0.3, 0.4) is 0 Å². The van der Waals surface area contributed by atoms with Gasteiger partial charge in [-0.1, -0.05) is 0 Å². The van der Waals surface area contributed by atoms with E-state index in [1.165, 1.54) is 6.26 Å². The molecule has 1 aliphatic heterocycles. The largest absolute Gasteiger partial charge is 0.479 e. The molecular formula is C12H15NO5. The number of amides is 1. The third-order valence-corrected chi connectivity index (χ3v) is 2.92. The molecule has 6 heteroatoms. The highest BCUT2D eigenvalue weighted by Gasteiger charge is 2.35. The van der Waals surface area contributed by atoms with Crippen molar-refractivity contribution in [1.82, 2.24) is 5.32 Å². The zero-order valence-corrected chi connectivity index (χ0v) is 9.96. The SMILES string of the molecule is C[C@H](NC(=O)[C@@H]1CC[C@H](C(=O)O)O1)c1ccco1. The van der Waals surface area contributed by atoms with E-state index >= 15 is 0 Å². The number of carbonyl (C=O) groups excluding carboxylic acids is 1. The predicted octanol–water partition coefficient (Wildman–Crippen LogP) is 1.09. The average Bonchev–Trinajstić information content (AvgIpc) is 3.00. The Hall–Kier alpha value is -1.82. The average molecular weight is 253 g/mol. The quantitative estimate of drug-likeness (QED) is 0.838. The molecule has 3 atom stereocenters. The van der Waals surface area contributed by atoms with Crippen LogP contribution in [0.15, 0.2) is 22.8 Å². The van der Waals surface area contributed by atoms with Gasteiger partial charge in [0.2, 0.25) is 5.91 Å². The molecule has 98 valence electrons. The molecule has 2 N–H and O–H groups in total. The molecular weight excluding hydrogens is 238 g/mol. The fourth-order valence-corrected chi connectivity index (χ4v) is 1.93. The number of carboxylic acids is 1. The van der Waals surface area contributed by atoms with Crippen molar-refractivity contribution in [2.45, 2.75) is 38.0 Å². The molecule has 1 saturated heterocycles. The Morgan fingerprint density at radius 3 is 2.72 bits per heavy atom. The number of aliphatic carboxylic acids is 1. The molecule has 1 aromatic rings. The summed E-state index contributed by atoms with van der Waals surface area (Å²) in [4.78, 5) is 22.6. The van der Waals surface area contributed by atoms with Gasteiger partial charge in [-0.3, -0.25) is 4.79 Å². The Labute approximate surface area is 104 Å². The van der Waals surface area contributed by atoms with Crippen molar-refractivity contribution in [3.8, 4) is 0 Å². The van der Waals surface area contributed by atoms with Crippen LogP contribution in [0.4, 0.5) is 0 Å². The lowest BCUT2D eigenvalue weighted by Gasteiger charge is -2.15. The minimum atomic E-state index is -1.02. The monoisotopic (exact) mass is 253 g/mol. The number of hydrogen-bond donors (Lipinski definition) is 2. The lowest BCUT2D eigenvalue weighted by molar-refractivity contribution is -0.151. The topological polar surface area (TPSA) is 88.8 Å². The second-order valence-electron chi connectivity index (χ2n) is 4.27. The molecule has 1 aliphatic rings. The van der Waals surface area contributed by atoms with Crippen LogP contribution in [-0.2, 0) is 14.3 Å². The first-order chi connectivity index (χ1) is 8.58. The van der Waals surface area contributed by atoms with Gasteiger partial charge in [0.05, 0.1) is 12.3 Å². The van der Waals surface area contributed by atoms with Crippen molar-refractivity contribution in [2.24, 2.45) is 0 Å². The van der Waals surface area contributed by atoms with Gasteiger partial charge in [0, 0.05) is 0 Å². The highest BCUT2D eigenvalue weighted by molar-refractivity contribution is 5.82. The summed E-state index contributed by atoms with van der Waals surface area (Å²) >= 11 is 0. The van der Waals surface area contributed by atoms with E-state index in [1.807, 2.05) is 0 Å². The molecule has 18 heavy (non-hydrogen) atoms. The van der Waals surface area contributed by atoms with Crippen molar-refractivity contribution >= 4 is 11.9 Å². The minimum Gasteiger partial charge on any atom is -0.479 e. The lowest BCUT2D eigenvalue weighted by Crippen LogP contribution is -2.36. The van der Waals surface area contributed by atoms with Crippen LogP contribution in [0, 0.1) is 0 Å². The van der Waals surface area contributed by atoms with E-state index in [1.54, 1.807) is 19.1 Å². The van der Waals surface area contributed by atoms with E-state index in [0.29, 0.717) is 18.6 Å². The maximum Gasteiger partial charge on any atom is 0.332 e. The van der Waals surface area contributed by atoms with E-state index in [9.17, 15) is 9.59 Å².